The number of hydrogen-bond acceptors (Lipinski definition) is 3. The standard InChI is InChI=1S/C16H22ClFN2O2.ClH/c1-3-7-16(2,19)15(21)20-13-6-8-22-14(13)10-4-5-11(17)12(18)9-10;/h4-5,9,13-14H,3,6-8,19H2,1-2H3,(H,20,21);1H. The van der Waals surface area contributed by atoms with Crippen LogP contribution in [0.25, 0.3) is 0 Å². The molecule has 0 spiro atoms. The first kappa shape index (κ1) is 20.2. The predicted octanol–water partition coefficient (Wildman–Crippen LogP) is 3.36. The zero-order valence-electron chi connectivity index (χ0n) is 13.3. The van der Waals surface area contributed by atoms with Crippen LogP contribution in [0.15, 0.2) is 18.2 Å². The quantitative estimate of drug-likeness (QED) is 0.841. The van der Waals surface area contributed by atoms with Crippen LogP contribution in [0, 0.1) is 5.82 Å². The Morgan fingerprint density at radius 3 is 2.87 bits per heavy atom. The Morgan fingerprint density at radius 2 is 2.26 bits per heavy atom. The highest BCUT2D eigenvalue weighted by Gasteiger charge is 2.35. The van der Waals surface area contributed by atoms with E-state index in [-0.39, 0.29) is 35.5 Å². The molecule has 2 rings (SSSR count). The number of hydrogen-bond donors (Lipinski definition) is 2. The molecule has 1 aliphatic rings. The summed E-state index contributed by atoms with van der Waals surface area (Å²) in [7, 11) is 0. The number of benzene rings is 1. The Balaban J connectivity index is 0.00000264. The maximum absolute atomic E-state index is 13.6. The van der Waals surface area contributed by atoms with Gasteiger partial charge >= 0.3 is 0 Å². The van der Waals surface area contributed by atoms with Crippen molar-refractivity contribution in [3.05, 3.63) is 34.6 Å². The summed E-state index contributed by atoms with van der Waals surface area (Å²) in [6, 6.07) is 4.35. The third kappa shape index (κ3) is 4.80. The predicted molar refractivity (Wildman–Crippen MR) is 91.4 cm³/mol. The third-order valence-corrected chi connectivity index (χ3v) is 4.27. The van der Waals surface area contributed by atoms with Crippen LogP contribution in [-0.2, 0) is 9.53 Å². The molecule has 1 aliphatic heterocycles. The van der Waals surface area contributed by atoms with Crippen molar-refractivity contribution in [2.75, 3.05) is 6.61 Å². The van der Waals surface area contributed by atoms with Crippen LogP contribution >= 0.6 is 24.0 Å². The van der Waals surface area contributed by atoms with Crippen LogP contribution < -0.4 is 11.1 Å². The highest BCUT2D eigenvalue weighted by Crippen LogP contribution is 2.31. The molecule has 3 atom stereocenters. The van der Waals surface area contributed by atoms with Gasteiger partial charge in [0, 0.05) is 6.61 Å². The fourth-order valence-electron chi connectivity index (χ4n) is 2.72. The van der Waals surface area contributed by atoms with Crippen molar-refractivity contribution >= 4 is 29.9 Å². The van der Waals surface area contributed by atoms with Crippen LogP contribution in [0.5, 0.6) is 0 Å². The topological polar surface area (TPSA) is 64.4 Å². The molecular weight excluding hydrogens is 342 g/mol. The molecule has 0 bridgehead atoms. The lowest BCUT2D eigenvalue weighted by atomic mass is 9.94. The van der Waals surface area contributed by atoms with Gasteiger partial charge in [0.05, 0.1) is 16.6 Å². The van der Waals surface area contributed by atoms with Crippen molar-refractivity contribution in [2.45, 2.75) is 50.8 Å². The molecule has 1 aromatic carbocycles. The summed E-state index contributed by atoms with van der Waals surface area (Å²) in [6.07, 6.45) is 1.72. The third-order valence-electron chi connectivity index (χ3n) is 3.97. The van der Waals surface area contributed by atoms with Crippen molar-refractivity contribution < 1.29 is 13.9 Å². The number of carbonyl (C=O) groups excluding carboxylic acids is 1. The van der Waals surface area contributed by atoms with Gasteiger partial charge in [-0.25, -0.2) is 4.39 Å². The second-order valence-electron chi connectivity index (χ2n) is 6.00. The van der Waals surface area contributed by atoms with E-state index < -0.39 is 11.4 Å². The fourth-order valence-corrected chi connectivity index (χ4v) is 2.84. The van der Waals surface area contributed by atoms with Gasteiger partial charge in [-0.2, -0.15) is 0 Å². The minimum atomic E-state index is -0.910. The monoisotopic (exact) mass is 364 g/mol. The van der Waals surface area contributed by atoms with Gasteiger partial charge in [0.2, 0.25) is 5.91 Å². The van der Waals surface area contributed by atoms with Crippen molar-refractivity contribution in [3.8, 4) is 0 Å². The minimum Gasteiger partial charge on any atom is -0.371 e. The summed E-state index contributed by atoms with van der Waals surface area (Å²) < 4.78 is 19.3. The first-order valence-corrected chi connectivity index (χ1v) is 7.89. The molecule has 1 amide bonds. The summed E-state index contributed by atoms with van der Waals surface area (Å²) >= 11 is 5.70. The first-order valence-electron chi connectivity index (χ1n) is 7.51. The Hall–Kier alpha value is -0.880. The lowest BCUT2D eigenvalue weighted by Crippen LogP contribution is -2.54. The summed E-state index contributed by atoms with van der Waals surface area (Å²) in [5.41, 5.74) is 5.80. The second-order valence-corrected chi connectivity index (χ2v) is 6.41. The van der Waals surface area contributed by atoms with Crippen LogP contribution in [0.1, 0.15) is 44.8 Å². The Kier molecular flexibility index (Phi) is 7.27. The fraction of sp³-hybridized carbons (Fsp3) is 0.562. The summed E-state index contributed by atoms with van der Waals surface area (Å²) in [5, 5.41) is 3.01. The number of rotatable bonds is 5. The van der Waals surface area contributed by atoms with Gasteiger partial charge in [-0.15, -0.1) is 12.4 Å². The maximum Gasteiger partial charge on any atom is 0.240 e. The highest BCUT2D eigenvalue weighted by atomic mass is 35.5. The summed E-state index contributed by atoms with van der Waals surface area (Å²) in [6.45, 7) is 4.21. The van der Waals surface area contributed by atoms with Gasteiger partial charge in [0.1, 0.15) is 11.9 Å². The number of amides is 1. The van der Waals surface area contributed by atoms with Crippen molar-refractivity contribution in [1.29, 1.82) is 0 Å². The molecule has 130 valence electrons. The van der Waals surface area contributed by atoms with Crippen LogP contribution in [0.2, 0.25) is 5.02 Å². The average molecular weight is 365 g/mol. The molecule has 4 nitrogen and oxygen atoms in total. The molecule has 1 aromatic rings. The van der Waals surface area contributed by atoms with E-state index in [1.54, 1.807) is 13.0 Å². The molecular formula is C16H23Cl2FN2O2. The molecule has 23 heavy (non-hydrogen) atoms. The van der Waals surface area contributed by atoms with Gasteiger partial charge in [-0.05, 0) is 37.5 Å². The van der Waals surface area contributed by atoms with Crippen molar-refractivity contribution in [3.63, 3.8) is 0 Å². The van der Waals surface area contributed by atoms with Crippen molar-refractivity contribution in [2.24, 2.45) is 5.73 Å². The van der Waals surface area contributed by atoms with Gasteiger partial charge in [-0.3, -0.25) is 4.79 Å². The number of nitrogens with two attached hydrogens (primary N) is 1. The number of nitrogens with one attached hydrogen (secondary N) is 1. The van der Waals surface area contributed by atoms with Crippen LogP contribution in [0.3, 0.4) is 0 Å². The molecule has 3 unspecified atom stereocenters. The Labute approximate surface area is 147 Å². The minimum absolute atomic E-state index is 0. The number of carbonyl (C=O) groups is 1. The van der Waals surface area contributed by atoms with E-state index in [1.807, 2.05) is 6.92 Å². The van der Waals surface area contributed by atoms with Gasteiger partial charge < -0.3 is 15.8 Å². The van der Waals surface area contributed by atoms with Crippen LogP contribution in [-0.4, -0.2) is 24.1 Å². The number of ether oxygens (including phenoxy) is 1. The lowest BCUT2D eigenvalue weighted by Gasteiger charge is -2.27. The van der Waals surface area contributed by atoms with E-state index in [4.69, 9.17) is 22.1 Å². The molecule has 3 N–H and O–H groups in total. The van der Waals surface area contributed by atoms with E-state index in [9.17, 15) is 9.18 Å². The Morgan fingerprint density at radius 1 is 1.57 bits per heavy atom. The highest BCUT2D eigenvalue weighted by molar-refractivity contribution is 6.30. The van der Waals surface area contributed by atoms with Crippen LogP contribution in [0.4, 0.5) is 4.39 Å². The van der Waals surface area contributed by atoms with E-state index in [0.717, 1.165) is 6.42 Å². The largest absolute Gasteiger partial charge is 0.371 e. The molecule has 1 saturated heterocycles. The zero-order chi connectivity index (χ0) is 16.3. The molecule has 0 saturated carbocycles. The summed E-state index contributed by atoms with van der Waals surface area (Å²) in [4.78, 5) is 12.3. The van der Waals surface area contributed by atoms with Gasteiger partial charge in [-0.1, -0.05) is 31.0 Å². The SMILES string of the molecule is CCCC(C)(N)C(=O)NC1CCOC1c1ccc(Cl)c(F)c1.Cl. The van der Waals surface area contributed by atoms with E-state index >= 15 is 0 Å². The second kappa shape index (κ2) is 8.29. The normalized spacial score (nSPS) is 23.0. The van der Waals surface area contributed by atoms with E-state index in [2.05, 4.69) is 5.32 Å². The first-order chi connectivity index (χ1) is 10.3. The van der Waals surface area contributed by atoms with Gasteiger partial charge in [0.15, 0.2) is 0 Å². The molecule has 0 aliphatic carbocycles. The maximum atomic E-state index is 13.6. The molecule has 0 radical (unpaired) electrons. The van der Waals surface area contributed by atoms with Crippen molar-refractivity contribution in [1.82, 2.24) is 5.32 Å². The van der Waals surface area contributed by atoms with E-state index in [1.165, 1.54) is 12.1 Å². The number of halogens is 3. The molecule has 0 aromatic heterocycles. The lowest BCUT2D eigenvalue weighted by molar-refractivity contribution is -0.127. The summed E-state index contributed by atoms with van der Waals surface area (Å²) in [5.74, 6) is -0.696. The smallest absolute Gasteiger partial charge is 0.240 e. The molecule has 7 heteroatoms. The average Bonchev–Trinajstić information content (AvgIpc) is 2.90. The molecule has 1 fully saturated rings. The molecule has 1 heterocycles. The zero-order valence-corrected chi connectivity index (χ0v) is 14.8. The Bertz CT molecular complexity index is 555. The van der Waals surface area contributed by atoms with E-state index in [0.29, 0.717) is 25.0 Å². The van der Waals surface area contributed by atoms with Gasteiger partial charge in [0.25, 0.3) is 0 Å².